The van der Waals surface area contributed by atoms with Crippen LogP contribution in [0.1, 0.15) is 48.5 Å². The van der Waals surface area contributed by atoms with Crippen LogP contribution < -0.4 is 10.5 Å². The summed E-state index contributed by atoms with van der Waals surface area (Å²) in [5.41, 5.74) is 6.35. The molecule has 0 spiro atoms. The van der Waals surface area contributed by atoms with Crippen molar-refractivity contribution < 1.29 is 9.53 Å². The van der Waals surface area contributed by atoms with E-state index in [2.05, 4.69) is 0 Å². The van der Waals surface area contributed by atoms with Crippen molar-refractivity contribution in [3.05, 3.63) is 27.2 Å². The highest BCUT2D eigenvalue weighted by Crippen LogP contribution is 2.52. The topological polar surface area (TPSA) is 76.2 Å². The fourth-order valence-electron chi connectivity index (χ4n) is 3.95. The van der Waals surface area contributed by atoms with Crippen LogP contribution in [0.25, 0.3) is 0 Å². The molecule has 2 aliphatic carbocycles. The lowest BCUT2D eigenvalue weighted by Crippen LogP contribution is -2.32. The predicted octanol–water partition coefficient (Wildman–Crippen LogP) is 4.67. The van der Waals surface area contributed by atoms with Crippen molar-refractivity contribution in [3.63, 3.8) is 0 Å². The van der Waals surface area contributed by atoms with Crippen LogP contribution in [-0.4, -0.2) is 18.2 Å². The first-order valence-electron chi connectivity index (χ1n) is 7.86. The number of rotatable bonds is 4. The van der Waals surface area contributed by atoms with Crippen LogP contribution in [0.2, 0.25) is 10.0 Å². The zero-order chi connectivity index (χ0) is 16.8. The number of hydrogen-bond acceptors (Lipinski definition) is 3. The Hall–Kier alpha value is -0.970. The second kappa shape index (κ2) is 7.11. The lowest BCUT2D eigenvalue weighted by atomic mass is 9.73. The normalized spacial score (nSPS) is 23.0. The van der Waals surface area contributed by atoms with E-state index in [4.69, 9.17) is 39.1 Å². The van der Waals surface area contributed by atoms with Crippen molar-refractivity contribution in [2.75, 3.05) is 6.61 Å². The van der Waals surface area contributed by atoms with E-state index in [0.717, 1.165) is 18.4 Å². The lowest BCUT2D eigenvalue weighted by molar-refractivity contribution is 0.0744. The number of carbonyl (C=O) groups excluding carboxylic acids is 1. The number of amidine groups is 1. The Morgan fingerprint density at radius 3 is 2.58 bits per heavy atom. The predicted molar refractivity (Wildman–Crippen MR) is 99.2 cm³/mol. The number of Topliss-reactive ketones (excluding diaryl/α,β-unsaturated/α-hetero) is 1. The van der Waals surface area contributed by atoms with Crippen LogP contribution in [0.3, 0.4) is 0 Å². The molecule has 1 unspecified atom stereocenters. The highest BCUT2D eigenvalue weighted by molar-refractivity contribution is 6.45. The third kappa shape index (κ3) is 3.12. The summed E-state index contributed by atoms with van der Waals surface area (Å²) in [6.45, 7) is 1.99. The largest absolute Gasteiger partial charge is 0.484 e. The quantitative estimate of drug-likeness (QED) is 0.578. The maximum Gasteiger partial charge on any atom is 0.171 e. The third-order valence-electron chi connectivity index (χ3n) is 5.20. The van der Waals surface area contributed by atoms with Gasteiger partial charge in [-0.25, -0.2) is 0 Å². The van der Waals surface area contributed by atoms with Crippen LogP contribution in [0.15, 0.2) is 6.07 Å². The number of halogens is 3. The molecule has 2 aliphatic rings. The molecule has 0 bridgehead atoms. The Balaban J connectivity index is 0.00000208. The molecule has 0 aromatic heterocycles. The Morgan fingerprint density at radius 1 is 1.38 bits per heavy atom. The highest BCUT2D eigenvalue weighted by atomic mass is 35.5. The van der Waals surface area contributed by atoms with Gasteiger partial charge in [-0.2, -0.15) is 0 Å². The molecule has 0 radical (unpaired) electrons. The van der Waals surface area contributed by atoms with E-state index in [1.54, 1.807) is 6.07 Å². The lowest BCUT2D eigenvalue weighted by Gasteiger charge is -2.29. The fourth-order valence-corrected chi connectivity index (χ4v) is 4.46. The van der Waals surface area contributed by atoms with Crippen molar-refractivity contribution in [3.8, 4) is 5.75 Å². The second-order valence-corrected chi connectivity index (χ2v) is 7.51. The van der Waals surface area contributed by atoms with Gasteiger partial charge in [-0.3, -0.25) is 10.2 Å². The summed E-state index contributed by atoms with van der Waals surface area (Å²) < 4.78 is 5.46. The summed E-state index contributed by atoms with van der Waals surface area (Å²) in [5.74, 6) is 0.793. The van der Waals surface area contributed by atoms with Crippen molar-refractivity contribution in [2.45, 2.75) is 39.0 Å². The van der Waals surface area contributed by atoms with Crippen LogP contribution in [-0.2, 0) is 6.42 Å². The van der Waals surface area contributed by atoms with Crippen LogP contribution in [0.5, 0.6) is 5.75 Å². The number of nitrogens with one attached hydrogen (secondary N) is 1. The zero-order valence-electron chi connectivity index (χ0n) is 13.5. The number of hydrogen-bond donors (Lipinski definition) is 2. The van der Waals surface area contributed by atoms with Crippen molar-refractivity contribution in [1.82, 2.24) is 0 Å². The minimum absolute atomic E-state index is 0. The summed E-state index contributed by atoms with van der Waals surface area (Å²) in [6.07, 6.45) is 5.22. The highest BCUT2D eigenvalue weighted by Gasteiger charge is 2.49. The van der Waals surface area contributed by atoms with E-state index >= 15 is 0 Å². The molecule has 4 nitrogen and oxygen atoms in total. The van der Waals surface area contributed by atoms with Crippen LogP contribution in [0, 0.1) is 16.7 Å². The number of fused-ring (bicyclic) bond motifs is 1. The van der Waals surface area contributed by atoms with Gasteiger partial charge in [0.05, 0.1) is 5.02 Å². The summed E-state index contributed by atoms with van der Waals surface area (Å²) in [7, 11) is 0. The third-order valence-corrected chi connectivity index (χ3v) is 6.05. The number of benzene rings is 1. The smallest absolute Gasteiger partial charge is 0.171 e. The SMILES string of the molecule is CC1(C2CCCC2)Cc2cc(OCC(=N)N)c(Cl)c(Cl)c2C1=O.Cl. The van der Waals surface area contributed by atoms with Gasteiger partial charge in [-0.05, 0) is 36.8 Å². The maximum absolute atomic E-state index is 13.0. The average Bonchev–Trinajstić information content (AvgIpc) is 3.10. The first kappa shape index (κ1) is 19.4. The number of carbonyl (C=O) groups is 1. The van der Waals surface area contributed by atoms with Crippen molar-refractivity contribution >= 4 is 47.2 Å². The Kier molecular flexibility index (Phi) is 5.73. The summed E-state index contributed by atoms with van der Waals surface area (Å²) in [5, 5.41) is 7.73. The van der Waals surface area contributed by atoms with Crippen molar-refractivity contribution in [1.29, 1.82) is 5.41 Å². The van der Waals surface area contributed by atoms with Crippen LogP contribution >= 0.6 is 35.6 Å². The molecule has 0 saturated heterocycles. The monoisotopic (exact) mass is 390 g/mol. The molecule has 3 N–H and O–H groups in total. The van der Waals surface area contributed by atoms with Crippen molar-refractivity contribution in [2.24, 2.45) is 17.1 Å². The Morgan fingerprint density at radius 2 is 2.00 bits per heavy atom. The second-order valence-electron chi connectivity index (χ2n) is 6.76. The molecule has 1 aromatic rings. The standard InChI is InChI=1S/C17H20Cl2N2O2.ClH/c1-17(10-4-2-3-5-10)7-9-6-11(23-8-12(20)21)14(18)15(19)13(9)16(17)22;/h6,10H,2-5,7-8H2,1H3,(H3,20,21);1H. The van der Waals surface area contributed by atoms with Gasteiger partial charge in [0.1, 0.15) is 23.2 Å². The molecular weight excluding hydrogens is 371 g/mol. The van der Waals surface area contributed by atoms with Gasteiger partial charge >= 0.3 is 0 Å². The minimum atomic E-state index is -0.398. The molecule has 1 atom stereocenters. The van der Waals surface area contributed by atoms with E-state index in [9.17, 15) is 4.79 Å². The zero-order valence-corrected chi connectivity index (χ0v) is 15.8. The van der Waals surface area contributed by atoms with E-state index in [1.807, 2.05) is 6.92 Å². The minimum Gasteiger partial charge on any atom is -0.484 e. The fraction of sp³-hybridized carbons (Fsp3) is 0.529. The average molecular weight is 392 g/mol. The first-order valence-corrected chi connectivity index (χ1v) is 8.61. The Labute approximate surface area is 157 Å². The maximum atomic E-state index is 13.0. The van der Waals surface area contributed by atoms with Gasteiger partial charge in [-0.15, -0.1) is 12.4 Å². The molecular formula is C17H21Cl3N2O2. The molecule has 7 heteroatoms. The summed E-state index contributed by atoms with van der Waals surface area (Å²) >= 11 is 12.6. The van der Waals surface area contributed by atoms with Gasteiger partial charge in [0.2, 0.25) is 0 Å². The van der Waals surface area contributed by atoms with Gasteiger partial charge in [0.15, 0.2) is 5.78 Å². The summed E-state index contributed by atoms with van der Waals surface area (Å²) in [6, 6.07) is 1.78. The molecule has 1 aromatic carbocycles. The first-order chi connectivity index (χ1) is 10.8. The van der Waals surface area contributed by atoms with E-state index in [-0.39, 0.29) is 40.7 Å². The molecule has 132 valence electrons. The Bertz CT molecular complexity index is 687. The van der Waals surface area contributed by atoms with E-state index in [0.29, 0.717) is 23.7 Å². The van der Waals surface area contributed by atoms with Gasteiger partial charge < -0.3 is 10.5 Å². The number of nitrogens with two attached hydrogens (primary N) is 1. The molecule has 3 rings (SSSR count). The van der Waals surface area contributed by atoms with E-state index < -0.39 is 5.41 Å². The molecule has 0 amide bonds. The molecule has 1 saturated carbocycles. The molecule has 0 aliphatic heterocycles. The van der Waals surface area contributed by atoms with Gasteiger partial charge in [0, 0.05) is 11.0 Å². The van der Waals surface area contributed by atoms with Gasteiger partial charge in [-0.1, -0.05) is 43.0 Å². The molecule has 0 heterocycles. The van der Waals surface area contributed by atoms with E-state index in [1.165, 1.54) is 12.8 Å². The number of ketones is 1. The summed E-state index contributed by atoms with van der Waals surface area (Å²) in [4.78, 5) is 13.0. The number of ether oxygens (including phenoxy) is 1. The molecule has 24 heavy (non-hydrogen) atoms. The van der Waals surface area contributed by atoms with Crippen LogP contribution in [0.4, 0.5) is 0 Å². The molecule has 1 fully saturated rings. The van der Waals surface area contributed by atoms with Gasteiger partial charge in [0.25, 0.3) is 0 Å².